The van der Waals surface area contributed by atoms with E-state index in [2.05, 4.69) is 10.6 Å². The molecular formula is C23H37N3O6. The van der Waals surface area contributed by atoms with Crippen LogP contribution in [0.4, 0.5) is 0 Å². The van der Waals surface area contributed by atoms with Crippen molar-refractivity contribution in [2.24, 2.45) is 11.3 Å². The molecule has 180 valence electrons. The fourth-order valence-electron chi connectivity index (χ4n) is 3.40. The zero-order chi connectivity index (χ0) is 24.3. The minimum atomic E-state index is -0.846. The van der Waals surface area contributed by atoms with Crippen LogP contribution < -0.4 is 15.4 Å². The van der Waals surface area contributed by atoms with Gasteiger partial charge in [-0.05, 0) is 49.3 Å². The number of carbonyl (C=O) groups is 3. The summed E-state index contributed by atoms with van der Waals surface area (Å²) in [6.45, 7) is 6.93. The molecule has 0 aliphatic rings. The highest BCUT2D eigenvalue weighted by molar-refractivity contribution is 5.89. The molecule has 0 aromatic heterocycles. The highest BCUT2D eigenvalue weighted by atomic mass is 16.5. The summed E-state index contributed by atoms with van der Waals surface area (Å²) < 4.78 is 5.16. The topological polar surface area (TPSA) is 128 Å². The lowest BCUT2D eigenvalue weighted by Crippen LogP contribution is -2.56. The molecule has 0 fully saturated rings. The van der Waals surface area contributed by atoms with Gasteiger partial charge in [0.05, 0.1) is 25.7 Å². The Kier molecular flexibility index (Phi) is 11.1. The predicted octanol–water partition coefficient (Wildman–Crippen LogP) is 1.51. The van der Waals surface area contributed by atoms with E-state index in [9.17, 15) is 19.6 Å². The van der Waals surface area contributed by atoms with E-state index in [-0.39, 0.29) is 19.6 Å². The molecule has 3 amide bonds. The van der Waals surface area contributed by atoms with E-state index in [4.69, 9.17) is 9.84 Å². The first-order chi connectivity index (χ1) is 15.0. The van der Waals surface area contributed by atoms with E-state index >= 15 is 0 Å². The summed E-state index contributed by atoms with van der Waals surface area (Å²) in [7, 11) is 1.60. The van der Waals surface area contributed by atoms with Gasteiger partial charge in [0, 0.05) is 6.54 Å². The molecular weight excluding hydrogens is 414 g/mol. The lowest BCUT2D eigenvalue weighted by Gasteiger charge is -2.33. The number of methoxy groups -OCH3 is 1. The van der Waals surface area contributed by atoms with Gasteiger partial charge in [-0.2, -0.15) is 0 Å². The summed E-state index contributed by atoms with van der Waals surface area (Å²) in [5.41, 5.74) is 0.486. The van der Waals surface area contributed by atoms with Crippen molar-refractivity contribution in [1.82, 2.24) is 15.7 Å². The lowest BCUT2D eigenvalue weighted by molar-refractivity contribution is -0.166. The number of aryl methyl sites for hydroxylation is 1. The van der Waals surface area contributed by atoms with E-state index in [0.717, 1.165) is 11.3 Å². The maximum atomic E-state index is 13.2. The number of hydrogen-bond donors (Lipinski definition) is 4. The maximum Gasteiger partial charge on any atom is 0.243 e. The number of hydroxylamine groups is 2. The van der Waals surface area contributed by atoms with Gasteiger partial charge in [0.15, 0.2) is 0 Å². The summed E-state index contributed by atoms with van der Waals surface area (Å²) in [6.07, 6.45) is 2.01. The van der Waals surface area contributed by atoms with E-state index < -0.39 is 35.2 Å². The zero-order valence-corrected chi connectivity index (χ0v) is 19.6. The van der Waals surface area contributed by atoms with Gasteiger partial charge in [-0.3, -0.25) is 19.6 Å². The Hall–Kier alpha value is -2.65. The number of amides is 3. The fraction of sp³-hybridized carbons (Fsp3) is 0.609. The Balaban J connectivity index is 2.93. The van der Waals surface area contributed by atoms with Crippen LogP contribution in [0.3, 0.4) is 0 Å². The molecule has 3 atom stereocenters. The third-order valence-electron chi connectivity index (χ3n) is 5.41. The molecule has 1 rings (SSSR count). The number of hydrogen-bond acceptors (Lipinski definition) is 6. The third kappa shape index (κ3) is 8.47. The number of benzene rings is 1. The van der Waals surface area contributed by atoms with Crippen LogP contribution in [0.15, 0.2) is 24.3 Å². The third-order valence-corrected chi connectivity index (χ3v) is 5.41. The number of carbonyl (C=O) groups excluding carboxylic acids is 3. The molecule has 0 spiro atoms. The normalized spacial score (nSPS) is 14.1. The van der Waals surface area contributed by atoms with Crippen LogP contribution in [-0.2, 0) is 20.8 Å². The molecule has 2 unspecified atom stereocenters. The second-order valence-corrected chi connectivity index (χ2v) is 8.90. The molecule has 0 aliphatic carbocycles. The first-order valence-corrected chi connectivity index (χ1v) is 10.8. The Morgan fingerprint density at radius 1 is 1.19 bits per heavy atom. The van der Waals surface area contributed by atoms with Gasteiger partial charge in [-0.1, -0.05) is 32.9 Å². The average Bonchev–Trinajstić information content (AvgIpc) is 2.77. The SMILES string of the molecule is COc1ccc(CCCC(C(=O)NC(C(=O)NCCO)C(C)(C)C)[C@H](C)N(O)C=O)cc1. The Labute approximate surface area is 190 Å². The van der Waals surface area contributed by atoms with Crippen LogP contribution in [0.1, 0.15) is 46.1 Å². The van der Waals surface area contributed by atoms with Gasteiger partial charge >= 0.3 is 0 Å². The van der Waals surface area contributed by atoms with Crippen molar-refractivity contribution in [1.29, 1.82) is 0 Å². The molecule has 32 heavy (non-hydrogen) atoms. The number of ether oxygens (including phenoxy) is 1. The Bertz CT molecular complexity index is 732. The summed E-state index contributed by atoms with van der Waals surface area (Å²) >= 11 is 0. The van der Waals surface area contributed by atoms with E-state index in [0.29, 0.717) is 24.3 Å². The smallest absolute Gasteiger partial charge is 0.243 e. The van der Waals surface area contributed by atoms with Crippen molar-refractivity contribution in [3.63, 3.8) is 0 Å². The van der Waals surface area contributed by atoms with Crippen LogP contribution in [0.2, 0.25) is 0 Å². The van der Waals surface area contributed by atoms with Gasteiger partial charge in [0.2, 0.25) is 18.2 Å². The number of aliphatic hydroxyl groups excluding tert-OH is 1. The van der Waals surface area contributed by atoms with Crippen LogP contribution >= 0.6 is 0 Å². The molecule has 0 saturated carbocycles. The molecule has 9 heteroatoms. The van der Waals surface area contributed by atoms with Gasteiger partial charge in [0.25, 0.3) is 0 Å². The summed E-state index contributed by atoms with van der Waals surface area (Å²) in [4.78, 5) is 36.8. The molecule has 4 N–H and O–H groups in total. The molecule has 1 aromatic carbocycles. The van der Waals surface area contributed by atoms with E-state index in [1.165, 1.54) is 0 Å². The highest BCUT2D eigenvalue weighted by Crippen LogP contribution is 2.23. The minimum absolute atomic E-state index is 0.0819. The Morgan fingerprint density at radius 3 is 2.31 bits per heavy atom. The van der Waals surface area contributed by atoms with Crippen molar-refractivity contribution < 1.29 is 29.4 Å². The number of nitrogens with zero attached hydrogens (tertiary/aromatic N) is 1. The first-order valence-electron chi connectivity index (χ1n) is 10.8. The largest absolute Gasteiger partial charge is 0.497 e. The molecule has 0 heterocycles. The van der Waals surface area contributed by atoms with Crippen LogP contribution in [0.5, 0.6) is 5.75 Å². The van der Waals surface area contributed by atoms with Crippen molar-refractivity contribution in [2.45, 2.75) is 59.0 Å². The van der Waals surface area contributed by atoms with Gasteiger partial charge in [-0.25, -0.2) is 5.06 Å². The van der Waals surface area contributed by atoms with Crippen molar-refractivity contribution in [2.75, 3.05) is 20.3 Å². The predicted molar refractivity (Wildman–Crippen MR) is 120 cm³/mol. The van der Waals surface area contributed by atoms with Crippen LogP contribution in [0.25, 0.3) is 0 Å². The van der Waals surface area contributed by atoms with Crippen molar-refractivity contribution in [3.8, 4) is 5.75 Å². The van der Waals surface area contributed by atoms with Crippen LogP contribution in [0, 0.1) is 11.3 Å². The molecule has 1 aromatic rings. The van der Waals surface area contributed by atoms with Gasteiger partial charge in [0.1, 0.15) is 11.8 Å². The average molecular weight is 452 g/mol. The molecule has 9 nitrogen and oxygen atoms in total. The quantitative estimate of drug-likeness (QED) is 0.204. The van der Waals surface area contributed by atoms with Crippen molar-refractivity contribution in [3.05, 3.63) is 29.8 Å². The van der Waals surface area contributed by atoms with E-state index in [1.54, 1.807) is 14.0 Å². The van der Waals surface area contributed by atoms with E-state index in [1.807, 2.05) is 45.0 Å². The maximum absolute atomic E-state index is 13.2. The van der Waals surface area contributed by atoms with Gasteiger partial charge in [-0.15, -0.1) is 0 Å². The highest BCUT2D eigenvalue weighted by Gasteiger charge is 2.36. The molecule has 0 aliphatic heterocycles. The Morgan fingerprint density at radius 2 is 1.81 bits per heavy atom. The second kappa shape index (κ2) is 13.0. The number of nitrogens with one attached hydrogen (secondary N) is 2. The zero-order valence-electron chi connectivity index (χ0n) is 19.6. The monoisotopic (exact) mass is 451 g/mol. The number of rotatable bonds is 13. The summed E-state index contributed by atoms with van der Waals surface area (Å²) in [5.74, 6) is -0.791. The van der Waals surface area contributed by atoms with Crippen molar-refractivity contribution >= 4 is 18.2 Å². The lowest BCUT2D eigenvalue weighted by atomic mass is 9.84. The fourth-order valence-corrected chi connectivity index (χ4v) is 3.40. The molecule has 0 bridgehead atoms. The summed E-state index contributed by atoms with van der Waals surface area (Å²) in [6, 6.07) is 6.00. The second-order valence-electron chi connectivity index (χ2n) is 8.90. The number of aliphatic hydroxyl groups is 1. The van der Waals surface area contributed by atoms with Crippen LogP contribution in [-0.4, -0.2) is 65.9 Å². The minimum Gasteiger partial charge on any atom is -0.497 e. The molecule has 0 saturated heterocycles. The molecule has 0 radical (unpaired) electrons. The summed E-state index contributed by atoms with van der Waals surface area (Å²) in [5, 5.41) is 24.7. The standard InChI is InChI=1S/C23H37N3O6/c1-16(26(31)15-28)19(8-6-7-17-9-11-18(32-5)12-10-17)21(29)25-20(23(2,3)4)22(30)24-13-14-27/h9-12,15-16,19-20,27,31H,6-8,13-14H2,1-5H3,(H,24,30)(H,25,29)/t16-,19?,20?/m0/s1. The van der Waals surface area contributed by atoms with Gasteiger partial charge < -0.3 is 20.5 Å². The first kappa shape index (κ1) is 27.4.